The number of rotatable bonds is 7. The summed E-state index contributed by atoms with van der Waals surface area (Å²) in [6, 6.07) is 6.06. The molecule has 0 saturated heterocycles. The maximum Gasteiger partial charge on any atom is 0.407 e. The Kier molecular flexibility index (Phi) is 6.76. The number of benzene rings is 1. The zero-order valence-corrected chi connectivity index (χ0v) is 17.2. The van der Waals surface area contributed by atoms with Crippen molar-refractivity contribution in [2.75, 3.05) is 19.6 Å². The molecule has 29 heavy (non-hydrogen) atoms. The monoisotopic (exact) mass is 403 g/mol. The van der Waals surface area contributed by atoms with E-state index in [-0.39, 0.29) is 6.54 Å². The van der Waals surface area contributed by atoms with Gasteiger partial charge in [0.05, 0.1) is 12.3 Å². The molecule has 0 unspecified atom stereocenters. The van der Waals surface area contributed by atoms with Gasteiger partial charge in [-0.1, -0.05) is 6.07 Å². The number of amides is 1. The first-order chi connectivity index (χ1) is 13.8. The van der Waals surface area contributed by atoms with Crippen LogP contribution in [0, 0.1) is 0 Å². The Labute approximate surface area is 170 Å². The molecular formula is C21H29N3O5. The van der Waals surface area contributed by atoms with Gasteiger partial charge in [0.25, 0.3) is 0 Å². The molecule has 0 saturated carbocycles. The molecular weight excluding hydrogens is 374 g/mol. The second kappa shape index (κ2) is 9.28. The molecule has 2 aromatic rings. The smallest absolute Gasteiger partial charge is 0.407 e. The summed E-state index contributed by atoms with van der Waals surface area (Å²) in [5.74, 6) is 1.48. The molecule has 0 bridgehead atoms. The normalized spacial score (nSPS) is 15.4. The SMILES string of the molecule is CC(C)(C)OC(=O)NC[C@H](O)CN1CCc2cc(OCc3cnco3)ccc2C1. The highest BCUT2D eigenvalue weighted by Gasteiger charge is 2.21. The molecule has 1 aromatic carbocycles. The van der Waals surface area contributed by atoms with Gasteiger partial charge in [-0.15, -0.1) is 0 Å². The molecule has 8 nitrogen and oxygen atoms in total. The third-order valence-electron chi connectivity index (χ3n) is 4.48. The van der Waals surface area contributed by atoms with Crippen LogP contribution in [0.15, 0.2) is 35.2 Å². The third kappa shape index (κ3) is 6.76. The lowest BCUT2D eigenvalue weighted by molar-refractivity contribution is 0.0464. The van der Waals surface area contributed by atoms with Gasteiger partial charge in [-0.05, 0) is 50.5 Å². The van der Waals surface area contributed by atoms with Crippen molar-refractivity contribution in [2.24, 2.45) is 0 Å². The topological polar surface area (TPSA) is 97.1 Å². The average Bonchev–Trinajstić information content (AvgIpc) is 3.17. The summed E-state index contributed by atoms with van der Waals surface area (Å²) in [5.41, 5.74) is 1.91. The number of aliphatic hydroxyl groups is 1. The van der Waals surface area contributed by atoms with E-state index in [1.54, 1.807) is 27.0 Å². The highest BCUT2D eigenvalue weighted by molar-refractivity contribution is 5.67. The van der Waals surface area contributed by atoms with Crippen LogP contribution in [0.3, 0.4) is 0 Å². The van der Waals surface area contributed by atoms with E-state index in [0.29, 0.717) is 18.9 Å². The van der Waals surface area contributed by atoms with E-state index in [0.717, 1.165) is 25.3 Å². The number of aromatic nitrogens is 1. The molecule has 1 aliphatic rings. The lowest BCUT2D eigenvalue weighted by Crippen LogP contribution is -2.43. The van der Waals surface area contributed by atoms with E-state index in [9.17, 15) is 9.90 Å². The minimum absolute atomic E-state index is 0.159. The maximum absolute atomic E-state index is 11.7. The van der Waals surface area contributed by atoms with E-state index < -0.39 is 17.8 Å². The second-order valence-electron chi connectivity index (χ2n) is 8.21. The first-order valence-electron chi connectivity index (χ1n) is 9.78. The highest BCUT2D eigenvalue weighted by atomic mass is 16.6. The molecule has 0 radical (unpaired) electrons. The Morgan fingerprint density at radius 3 is 2.93 bits per heavy atom. The van der Waals surface area contributed by atoms with Crippen LogP contribution in [0.25, 0.3) is 0 Å². The van der Waals surface area contributed by atoms with Gasteiger partial charge in [0.2, 0.25) is 0 Å². The van der Waals surface area contributed by atoms with Gasteiger partial charge >= 0.3 is 6.09 Å². The molecule has 0 aliphatic carbocycles. The van der Waals surface area contributed by atoms with Gasteiger partial charge in [-0.3, -0.25) is 4.90 Å². The van der Waals surface area contributed by atoms with Crippen molar-refractivity contribution in [3.05, 3.63) is 47.7 Å². The van der Waals surface area contributed by atoms with E-state index in [1.807, 2.05) is 6.07 Å². The molecule has 1 amide bonds. The number of aliphatic hydroxyl groups excluding tert-OH is 1. The van der Waals surface area contributed by atoms with E-state index in [2.05, 4.69) is 27.3 Å². The van der Waals surface area contributed by atoms with Crippen LogP contribution in [0.1, 0.15) is 37.7 Å². The van der Waals surface area contributed by atoms with Crippen molar-refractivity contribution >= 4 is 6.09 Å². The number of ether oxygens (including phenoxy) is 2. The molecule has 2 heterocycles. The van der Waals surface area contributed by atoms with Crippen molar-refractivity contribution in [3.63, 3.8) is 0 Å². The number of fused-ring (bicyclic) bond motifs is 1. The summed E-state index contributed by atoms with van der Waals surface area (Å²) >= 11 is 0. The fourth-order valence-corrected chi connectivity index (χ4v) is 3.18. The van der Waals surface area contributed by atoms with Crippen molar-refractivity contribution in [1.29, 1.82) is 0 Å². The number of hydrogen-bond donors (Lipinski definition) is 2. The molecule has 1 aliphatic heterocycles. The van der Waals surface area contributed by atoms with E-state index >= 15 is 0 Å². The summed E-state index contributed by atoms with van der Waals surface area (Å²) in [5, 5.41) is 12.9. The van der Waals surface area contributed by atoms with Crippen LogP contribution in [0.4, 0.5) is 4.79 Å². The maximum atomic E-state index is 11.7. The van der Waals surface area contributed by atoms with Crippen molar-refractivity contribution in [1.82, 2.24) is 15.2 Å². The van der Waals surface area contributed by atoms with Crippen LogP contribution >= 0.6 is 0 Å². The number of oxazole rings is 1. The van der Waals surface area contributed by atoms with E-state index in [4.69, 9.17) is 13.9 Å². The van der Waals surface area contributed by atoms with Crippen molar-refractivity contribution in [3.8, 4) is 5.75 Å². The Bertz CT molecular complexity index is 801. The molecule has 1 atom stereocenters. The van der Waals surface area contributed by atoms with Crippen molar-refractivity contribution < 1.29 is 23.8 Å². The standard InChI is InChI=1S/C21H29N3O5/c1-21(2,3)29-20(26)23-9-17(25)12-24-7-6-15-8-18(5-4-16(15)11-24)27-13-19-10-22-14-28-19/h4-5,8,10,14,17,25H,6-7,9,11-13H2,1-3H3,(H,23,26)/t17-/m0/s1. The zero-order valence-electron chi connectivity index (χ0n) is 17.2. The van der Waals surface area contributed by atoms with Gasteiger partial charge in [-0.2, -0.15) is 0 Å². The predicted octanol–water partition coefficient (Wildman–Crippen LogP) is 2.50. The Morgan fingerprint density at radius 1 is 1.38 bits per heavy atom. The number of carbonyl (C=O) groups is 1. The number of nitrogens with zero attached hydrogens (tertiary/aromatic N) is 2. The minimum atomic E-state index is -0.659. The van der Waals surface area contributed by atoms with E-state index in [1.165, 1.54) is 17.5 Å². The minimum Gasteiger partial charge on any atom is -0.486 e. The molecule has 1 aromatic heterocycles. The quantitative estimate of drug-likeness (QED) is 0.733. The molecule has 3 rings (SSSR count). The van der Waals surface area contributed by atoms with Gasteiger partial charge in [-0.25, -0.2) is 9.78 Å². The largest absolute Gasteiger partial charge is 0.486 e. The average molecular weight is 403 g/mol. The summed E-state index contributed by atoms with van der Waals surface area (Å²) in [4.78, 5) is 17.8. The molecule has 8 heteroatoms. The lowest BCUT2D eigenvalue weighted by atomic mass is 9.99. The first-order valence-corrected chi connectivity index (χ1v) is 9.78. The van der Waals surface area contributed by atoms with Crippen LogP contribution < -0.4 is 10.1 Å². The molecule has 2 N–H and O–H groups in total. The summed E-state index contributed by atoms with van der Waals surface area (Å²) in [6.07, 6.45) is 2.73. The van der Waals surface area contributed by atoms with Crippen LogP contribution in [0.5, 0.6) is 5.75 Å². The Morgan fingerprint density at radius 2 is 2.21 bits per heavy atom. The Balaban J connectivity index is 1.45. The van der Waals surface area contributed by atoms with Gasteiger partial charge in [0, 0.05) is 26.2 Å². The molecule has 0 spiro atoms. The molecule has 158 valence electrons. The summed E-state index contributed by atoms with van der Waals surface area (Å²) in [6.45, 7) is 7.99. The number of β-amino-alcohol motifs (C(OH)–C–C–N with tert-alkyl or cyclic N) is 1. The van der Waals surface area contributed by atoms with Gasteiger partial charge < -0.3 is 24.3 Å². The number of carbonyl (C=O) groups excluding carboxylic acids is 1. The fraction of sp³-hybridized carbons (Fsp3) is 0.524. The summed E-state index contributed by atoms with van der Waals surface area (Å²) < 4.78 is 16.1. The fourth-order valence-electron chi connectivity index (χ4n) is 3.18. The van der Waals surface area contributed by atoms with Crippen LogP contribution in [-0.2, 0) is 24.3 Å². The Hall–Kier alpha value is -2.58. The highest BCUT2D eigenvalue weighted by Crippen LogP contribution is 2.24. The lowest BCUT2D eigenvalue weighted by Gasteiger charge is -2.30. The number of alkyl carbamates (subject to hydrolysis) is 1. The van der Waals surface area contributed by atoms with Gasteiger partial charge in [0.15, 0.2) is 12.2 Å². The first kappa shape index (κ1) is 21.1. The summed E-state index contributed by atoms with van der Waals surface area (Å²) in [7, 11) is 0. The number of nitrogens with one attached hydrogen (secondary N) is 1. The second-order valence-corrected chi connectivity index (χ2v) is 8.21. The van der Waals surface area contributed by atoms with Crippen molar-refractivity contribution in [2.45, 2.75) is 52.0 Å². The third-order valence-corrected chi connectivity index (χ3v) is 4.48. The van der Waals surface area contributed by atoms with Crippen LogP contribution in [0.2, 0.25) is 0 Å². The molecule has 0 fully saturated rings. The predicted molar refractivity (Wildman–Crippen MR) is 107 cm³/mol. The zero-order chi connectivity index (χ0) is 20.9. The van der Waals surface area contributed by atoms with Crippen LogP contribution in [-0.4, -0.2) is 52.4 Å². The van der Waals surface area contributed by atoms with Gasteiger partial charge in [0.1, 0.15) is 18.0 Å². The number of hydrogen-bond acceptors (Lipinski definition) is 7.